The van der Waals surface area contributed by atoms with E-state index >= 15 is 0 Å². The predicted molar refractivity (Wildman–Crippen MR) is 57.7 cm³/mol. The van der Waals surface area contributed by atoms with Gasteiger partial charge in [-0.3, -0.25) is 9.69 Å². The number of carbonyl (C=O) groups excluding carboxylic acids is 1. The summed E-state index contributed by atoms with van der Waals surface area (Å²) in [5.74, 6) is -0.446. The van der Waals surface area contributed by atoms with E-state index in [-0.39, 0.29) is 12.3 Å². The van der Waals surface area contributed by atoms with Crippen molar-refractivity contribution in [1.82, 2.24) is 4.90 Å². The number of hydrogen-bond acceptors (Lipinski definition) is 6. The zero-order valence-electron chi connectivity index (χ0n) is 9.42. The van der Waals surface area contributed by atoms with Crippen LogP contribution >= 0.6 is 0 Å². The summed E-state index contributed by atoms with van der Waals surface area (Å²) >= 11 is 0. The van der Waals surface area contributed by atoms with E-state index in [9.17, 15) is 18.3 Å². The third-order valence-corrected chi connectivity index (χ3v) is 3.53. The van der Waals surface area contributed by atoms with Crippen molar-refractivity contribution >= 4 is 15.8 Å². The Morgan fingerprint density at radius 3 is 2.69 bits per heavy atom. The summed E-state index contributed by atoms with van der Waals surface area (Å²) < 4.78 is 26.6. The van der Waals surface area contributed by atoms with Crippen molar-refractivity contribution in [3.05, 3.63) is 0 Å². The molecule has 0 radical (unpaired) electrons. The second-order valence-corrected chi connectivity index (χ2v) is 6.31. The van der Waals surface area contributed by atoms with Crippen molar-refractivity contribution in [1.29, 1.82) is 0 Å². The maximum absolute atomic E-state index is 11.4. The molecule has 0 spiro atoms. The Morgan fingerprint density at radius 1 is 1.56 bits per heavy atom. The third-order valence-electron chi connectivity index (χ3n) is 2.60. The number of esters is 1. The Balaban J connectivity index is 2.60. The molecule has 7 heteroatoms. The first-order valence-electron chi connectivity index (χ1n) is 5.01. The first kappa shape index (κ1) is 13.4. The highest BCUT2D eigenvalue weighted by atomic mass is 32.2. The SMILES string of the molecule is COC(=O)C1CC(O)CN1CCS(C)(=O)=O. The number of hydrogen-bond donors (Lipinski definition) is 1. The molecule has 1 aliphatic heterocycles. The number of β-amino-alcohol motifs (C(OH)–C–C–N with tert-alkyl or cyclic N) is 1. The molecule has 0 bridgehead atoms. The molecule has 0 aliphatic carbocycles. The number of aliphatic hydroxyl groups excluding tert-OH is 1. The zero-order chi connectivity index (χ0) is 12.3. The van der Waals surface area contributed by atoms with Gasteiger partial charge in [0.15, 0.2) is 0 Å². The van der Waals surface area contributed by atoms with Gasteiger partial charge < -0.3 is 9.84 Å². The van der Waals surface area contributed by atoms with Gasteiger partial charge in [-0.1, -0.05) is 0 Å². The topological polar surface area (TPSA) is 83.9 Å². The monoisotopic (exact) mass is 251 g/mol. The molecule has 1 N–H and O–H groups in total. The van der Waals surface area contributed by atoms with Gasteiger partial charge in [-0.15, -0.1) is 0 Å². The smallest absolute Gasteiger partial charge is 0.323 e. The molecule has 0 saturated carbocycles. The van der Waals surface area contributed by atoms with Crippen LogP contribution in [0.2, 0.25) is 0 Å². The third kappa shape index (κ3) is 3.73. The van der Waals surface area contributed by atoms with E-state index in [1.54, 1.807) is 4.90 Å². The quantitative estimate of drug-likeness (QED) is 0.621. The number of rotatable bonds is 4. The van der Waals surface area contributed by atoms with Crippen LogP contribution in [0.25, 0.3) is 0 Å². The van der Waals surface area contributed by atoms with E-state index in [1.165, 1.54) is 7.11 Å². The predicted octanol–water partition coefficient (Wildman–Crippen LogP) is -1.36. The van der Waals surface area contributed by atoms with Gasteiger partial charge in [-0.2, -0.15) is 0 Å². The normalized spacial score (nSPS) is 26.9. The lowest BCUT2D eigenvalue weighted by Crippen LogP contribution is -2.39. The van der Waals surface area contributed by atoms with E-state index in [1.807, 2.05) is 0 Å². The van der Waals surface area contributed by atoms with Crippen molar-refractivity contribution < 1.29 is 23.1 Å². The first-order valence-corrected chi connectivity index (χ1v) is 7.07. The van der Waals surface area contributed by atoms with Gasteiger partial charge >= 0.3 is 5.97 Å². The molecule has 1 heterocycles. The highest BCUT2D eigenvalue weighted by molar-refractivity contribution is 7.90. The maximum atomic E-state index is 11.4. The minimum absolute atomic E-state index is 0.0206. The van der Waals surface area contributed by atoms with Crippen LogP contribution in [0.3, 0.4) is 0 Å². The van der Waals surface area contributed by atoms with Crippen LogP contribution in [-0.2, 0) is 19.4 Å². The van der Waals surface area contributed by atoms with E-state index in [4.69, 9.17) is 0 Å². The summed E-state index contributed by atoms with van der Waals surface area (Å²) in [6.07, 6.45) is 0.854. The standard InChI is InChI=1S/C9H17NO5S/c1-15-9(12)8-5-7(11)6-10(8)3-4-16(2,13)14/h7-8,11H,3-6H2,1-2H3. The van der Waals surface area contributed by atoms with Gasteiger partial charge in [-0.05, 0) is 0 Å². The minimum atomic E-state index is -3.06. The van der Waals surface area contributed by atoms with Gasteiger partial charge in [0, 0.05) is 25.8 Å². The van der Waals surface area contributed by atoms with E-state index < -0.39 is 28.0 Å². The molecule has 2 unspecified atom stereocenters. The van der Waals surface area contributed by atoms with E-state index in [0.717, 1.165) is 6.26 Å². The van der Waals surface area contributed by atoms with Crippen LogP contribution in [0.5, 0.6) is 0 Å². The van der Waals surface area contributed by atoms with Gasteiger partial charge in [-0.25, -0.2) is 8.42 Å². The Kier molecular flexibility index (Phi) is 4.28. The lowest BCUT2D eigenvalue weighted by atomic mass is 10.2. The van der Waals surface area contributed by atoms with Gasteiger partial charge in [0.05, 0.1) is 19.0 Å². The highest BCUT2D eigenvalue weighted by Gasteiger charge is 2.36. The molecule has 1 aliphatic rings. The molecule has 1 saturated heterocycles. The molecular formula is C9H17NO5S. The number of carbonyl (C=O) groups is 1. The Morgan fingerprint density at radius 2 is 2.19 bits per heavy atom. The second kappa shape index (κ2) is 5.11. The van der Waals surface area contributed by atoms with Crippen LogP contribution in [0.15, 0.2) is 0 Å². The molecule has 0 aromatic heterocycles. The molecule has 2 atom stereocenters. The molecule has 0 amide bonds. The van der Waals surface area contributed by atoms with E-state index in [2.05, 4.69) is 4.74 Å². The second-order valence-electron chi connectivity index (χ2n) is 4.05. The summed E-state index contributed by atoms with van der Waals surface area (Å²) in [7, 11) is -1.78. The number of nitrogens with zero attached hydrogens (tertiary/aromatic N) is 1. The number of likely N-dealkylation sites (tertiary alicyclic amines) is 1. The fourth-order valence-corrected chi connectivity index (χ4v) is 2.36. The molecule has 94 valence electrons. The lowest BCUT2D eigenvalue weighted by molar-refractivity contribution is -0.145. The average molecular weight is 251 g/mol. The van der Waals surface area contributed by atoms with Crippen molar-refractivity contribution in [3.8, 4) is 0 Å². The minimum Gasteiger partial charge on any atom is -0.468 e. The first-order chi connectivity index (χ1) is 7.33. The summed E-state index contributed by atoms with van der Waals surface area (Å²) in [4.78, 5) is 13.0. The number of aliphatic hydroxyl groups is 1. The van der Waals surface area contributed by atoms with Crippen molar-refractivity contribution in [2.75, 3.05) is 32.2 Å². The summed E-state index contributed by atoms with van der Waals surface area (Å²) in [5, 5.41) is 9.44. The van der Waals surface area contributed by atoms with Crippen LogP contribution in [0, 0.1) is 0 Å². The van der Waals surface area contributed by atoms with E-state index in [0.29, 0.717) is 13.0 Å². The van der Waals surface area contributed by atoms with Gasteiger partial charge in [0.25, 0.3) is 0 Å². The van der Waals surface area contributed by atoms with Crippen molar-refractivity contribution in [2.45, 2.75) is 18.6 Å². The van der Waals surface area contributed by atoms with Gasteiger partial charge in [0.1, 0.15) is 15.9 Å². The molecule has 0 aromatic rings. The lowest BCUT2D eigenvalue weighted by Gasteiger charge is -2.21. The fourth-order valence-electron chi connectivity index (χ4n) is 1.79. The van der Waals surface area contributed by atoms with Crippen LogP contribution < -0.4 is 0 Å². The van der Waals surface area contributed by atoms with Crippen LogP contribution in [0.1, 0.15) is 6.42 Å². The number of ether oxygens (including phenoxy) is 1. The zero-order valence-corrected chi connectivity index (χ0v) is 10.2. The Labute approximate surface area is 95.1 Å². The average Bonchev–Trinajstić information content (AvgIpc) is 2.54. The fraction of sp³-hybridized carbons (Fsp3) is 0.889. The Hall–Kier alpha value is -0.660. The van der Waals surface area contributed by atoms with Crippen molar-refractivity contribution in [2.24, 2.45) is 0 Å². The van der Waals surface area contributed by atoms with Crippen LogP contribution in [-0.4, -0.2) is 68.7 Å². The maximum Gasteiger partial charge on any atom is 0.323 e. The molecular weight excluding hydrogens is 234 g/mol. The summed E-state index contributed by atoms with van der Waals surface area (Å²) in [6.45, 7) is 0.560. The molecule has 16 heavy (non-hydrogen) atoms. The summed E-state index contributed by atoms with van der Waals surface area (Å²) in [5.41, 5.74) is 0. The summed E-state index contributed by atoms with van der Waals surface area (Å²) in [6, 6.07) is -0.526. The van der Waals surface area contributed by atoms with Crippen molar-refractivity contribution in [3.63, 3.8) is 0 Å². The number of sulfone groups is 1. The largest absolute Gasteiger partial charge is 0.468 e. The molecule has 1 rings (SSSR count). The number of methoxy groups -OCH3 is 1. The van der Waals surface area contributed by atoms with Crippen LogP contribution in [0.4, 0.5) is 0 Å². The molecule has 1 fully saturated rings. The molecule has 6 nitrogen and oxygen atoms in total. The van der Waals surface area contributed by atoms with Gasteiger partial charge in [0.2, 0.25) is 0 Å². The Bertz CT molecular complexity index is 353. The highest BCUT2D eigenvalue weighted by Crippen LogP contribution is 2.18. The molecule has 0 aromatic carbocycles.